The van der Waals surface area contributed by atoms with Crippen LogP contribution in [0.3, 0.4) is 0 Å². The molecule has 1 aliphatic rings. The number of hydrogen-bond donors (Lipinski definition) is 1. The first-order valence-electron chi connectivity index (χ1n) is 6.68. The molecule has 1 aromatic rings. The van der Waals surface area contributed by atoms with Crippen LogP contribution in [0, 0.1) is 13.8 Å². The molecule has 0 aliphatic carbocycles. The summed E-state index contributed by atoms with van der Waals surface area (Å²) in [5.41, 5.74) is 4.00. The molecule has 0 unspecified atom stereocenters. The van der Waals surface area contributed by atoms with Crippen molar-refractivity contribution in [1.82, 2.24) is 0 Å². The Morgan fingerprint density at radius 2 is 1.76 bits per heavy atom. The van der Waals surface area contributed by atoms with E-state index in [1.807, 2.05) is 13.8 Å². The highest BCUT2D eigenvalue weighted by molar-refractivity contribution is 5.54. The summed E-state index contributed by atoms with van der Waals surface area (Å²) >= 11 is 0. The van der Waals surface area contributed by atoms with Crippen molar-refractivity contribution >= 4 is 5.69 Å². The van der Waals surface area contributed by atoms with Gasteiger partial charge in [-0.25, -0.2) is 0 Å². The van der Waals surface area contributed by atoms with Gasteiger partial charge in [0.25, 0.3) is 0 Å². The summed E-state index contributed by atoms with van der Waals surface area (Å²) in [5.74, 6) is 0. The number of nitrogens with one attached hydrogen (secondary N) is 1. The largest absolute Gasteiger partial charge is 0.382 e. The number of hydrogen-bond acceptors (Lipinski definition) is 2. The van der Waals surface area contributed by atoms with E-state index in [2.05, 4.69) is 37.4 Å². The van der Waals surface area contributed by atoms with Crippen molar-refractivity contribution in [1.29, 1.82) is 0 Å². The third-order valence-electron chi connectivity index (χ3n) is 3.19. The molecule has 0 atom stereocenters. The molecule has 1 saturated heterocycles. The van der Waals surface area contributed by atoms with Gasteiger partial charge < -0.3 is 10.1 Å². The first-order valence-corrected chi connectivity index (χ1v) is 6.68. The summed E-state index contributed by atoms with van der Waals surface area (Å²) in [6.45, 7) is 10.1. The van der Waals surface area contributed by atoms with Crippen molar-refractivity contribution < 1.29 is 4.74 Å². The molecule has 1 heterocycles. The molecule has 0 spiro atoms. The van der Waals surface area contributed by atoms with Crippen LogP contribution < -0.4 is 5.32 Å². The average molecular weight is 235 g/mol. The lowest BCUT2D eigenvalue weighted by atomic mass is 10.1. The van der Waals surface area contributed by atoms with E-state index in [9.17, 15) is 0 Å². The molecule has 96 valence electrons. The maximum atomic E-state index is 5.35. The zero-order valence-electron chi connectivity index (χ0n) is 11.5. The van der Waals surface area contributed by atoms with Gasteiger partial charge in [0.05, 0.1) is 0 Å². The summed E-state index contributed by atoms with van der Waals surface area (Å²) in [5, 5.41) is 3.61. The minimum Gasteiger partial charge on any atom is -0.382 e. The lowest BCUT2D eigenvalue weighted by Gasteiger charge is -2.25. The first-order chi connectivity index (χ1) is 8.27. The summed E-state index contributed by atoms with van der Waals surface area (Å²) in [6.07, 6.45) is 2.24. The molecule has 1 fully saturated rings. The molecule has 2 heteroatoms. The maximum absolute atomic E-state index is 5.35. The number of rotatable bonds is 2. The van der Waals surface area contributed by atoms with E-state index in [1.54, 1.807) is 0 Å². The van der Waals surface area contributed by atoms with Crippen LogP contribution in [0.5, 0.6) is 0 Å². The van der Waals surface area contributed by atoms with Crippen molar-refractivity contribution in [3.05, 3.63) is 29.3 Å². The third kappa shape index (κ3) is 4.04. The highest BCUT2D eigenvalue weighted by atomic mass is 16.5. The van der Waals surface area contributed by atoms with Gasteiger partial charge in [-0.05, 0) is 43.9 Å². The van der Waals surface area contributed by atoms with Gasteiger partial charge in [-0.2, -0.15) is 0 Å². The lowest BCUT2D eigenvalue weighted by Crippen LogP contribution is -2.28. The highest BCUT2D eigenvalue weighted by Gasteiger charge is 2.14. The monoisotopic (exact) mass is 235 g/mol. The van der Waals surface area contributed by atoms with E-state index in [4.69, 9.17) is 4.74 Å². The number of aryl methyl sites for hydroxylation is 1. The molecule has 1 aliphatic heterocycles. The first kappa shape index (κ1) is 14.0. The van der Waals surface area contributed by atoms with Gasteiger partial charge in [0.2, 0.25) is 0 Å². The fourth-order valence-corrected chi connectivity index (χ4v) is 1.97. The second-order valence-corrected chi connectivity index (χ2v) is 4.28. The van der Waals surface area contributed by atoms with E-state index in [0.29, 0.717) is 6.04 Å². The molecule has 0 amide bonds. The topological polar surface area (TPSA) is 21.3 Å². The van der Waals surface area contributed by atoms with Crippen LogP contribution in [-0.2, 0) is 4.74 Å². The summed E-state index contributed by atoms with van der Waals surface area (Å²) < 4.78 is 5.35. The normalized spacial score (nSPS) is 16.0. The Morgan fingerprint density at radius 1 is 1.12 bits per heavy atom. The van der Waals surface area contributed by atoms with Crippen molar-refractivity contribution in [2.45, 2.75) is 46.6 Å². The van der Waals surface area contributed by atoms with Crippen LogP contribution in [0.25, 0.3) is 0 Å². The molecule has 1 N–H and O–H groups in total. The van der Waals surface area contributed by atoms with Gasteiger partial charge in [-0.3, -0.25) is 0 Å². The highest BCUT2D eigenvalue weighted by Crippen LogP contribution is 2.21. The van der Waals surface area contributed by atoms with Gasteiger partial charge in [-0.1, -0.05) is 26.0 Å². The van der Waals surface area contributed by atoms with Gasteiger partial charge in [0.1, 0.15) is 0 Å². The van der Waals surface area contributed by atoms with Crippen molar-refractivity contribution in [3.63, 3.8) is 0 Å². The van der Waals surface area contributed by atoms with Crippen molar-refractivity contribution in [2.24, 2.45) is 0 Å². The molecule has 0 aromatic heterocycles. The average Bonchev–Trinajstić information content (AvgIpc) is 2.39. The third-order valence-corrected chi connectivity index (χ3v) is 3.19. The van der Waals surface area contributed by atoms with E-state index in [-0.39, 0.29) is 0 Å². The van der Waals surface area contributed by atoms with Crippen molar-refractivity contribution in [3.8, 4) is 0 Å². The number of benzene rings is 1. The Morgan fingerprint density at radius 3 is 2.41 bits per heavy atom. The fraction of sp³-hybridized carbons (Fsp3) is 0.600. The minimum absolute atomic E-state index is 0.583. The van der Waals surface area contributed by atoms with Gasteiger partial charge in [0.15, 0.2) is 0 Å². The van der Waals surface area contributed by atoms with Crippen LogP contribution in [0.2, 0.25) is 0 Å². The Bertz CT molecular complexity index is 330. The summed E-state index contributed by atoms with van der Waals surface area (Å²) in [6, 6.07) is 7.02. The Hall–Kier alpha value is -1.02. The molecule has 0 bridgehead atoms. The fourth-order valence-electron chi connectivity index (χ4n) is 1.97. The van der Waals surface area contributed by atoms with Crippen LogP contribution in [0.1, 0.15) is 37.8 Å². The van der Waals surface area contributed by atoms with Crippen LogP contribution in [0.4, 0.5) is 5.69 Å². The van der Waals surface area contributed by atoms with E-state index in [1.165, 1.54) is 16.8 Å². The van der Waals surface area contributed by atoms with Crippen molar-refractivity contribution in [2.75, 3.05) is 18.5 Å². The molecule has 17 heavy (non-hydrogen) atoms. The number of ether oxygens (including phenoxy) is 1. The summed E-state index contributed by atoms with van der Waals surface area (Å²) in [4.78, 5) is 0. The zero-order valence-corrected chi connectivity index (χ0v) is 11.5. The minimum atomic E-state index is 0.583. The van der Waals surface area contributed by atoms with Crippen LogP contribution in [-0.4, -0.2) is 19.3 Å². The molecule has 0 radical (unpaired) electrons. The van der Waals surface area contributed by atoms with Gasteiger partial charge in [-0.15, -0.1) is 0 Å². The quantitative estimate of drug-likeness (QED) is 0.839. The Balaban J connectivity index is 0.000000686. The second-order valence-electron chi connectivity index (χ2n) is 4.28. The van der Waals surface area contributed by atoms with Crippen LogP contribution >= 0.6 is 0 Å². The van der Waals surface area contributed by atoms with E-state index >= 15 is 0 Å². The maximum Gasteiger partial charge on any atom is 0.0485 e. The summed E-state index contributed by atoms with van der Waals surface area (Å²) in [7, 11) is 0. The van der Waals surface area contributed by atoms with Gasteiger partial charge in [0, 0.05) is 24.9 Å². The molecular weight excluding hydrogens is 210 g/mol. The smallest absolute Gasteiger partial charge is 0.0485 e. The predicted molar refractivity (Wildman–Crippen MR) is 74.7 cm³/mol. The number of anilines is 1. The van der Waals surface area contributed by atoms with E-state index in [0.717, 1.165) is 26.1 Å². The Labute approximate surface area is 105 Å². The molecular formula is C15H25NO. The predicted octanol–water partition coefficient (Wildman–Crippen LogP) is 3.92. The standard InChI is InChI=1S/C13H19NO.C2H6/c1-10-4-3-5-13(11(10)2)14-12-6-8-15-9-7-12;1-2/h3-5,12,14H,6-9H2,1-2H3;1-2H3. The molecule has 2 nitrogen and oxygen atoms in total. The zero-order chi connectivity index (χ0) is 12.7. The second kappa shape index (κ2) is 7.33. The van der Waals surface area contributed by atoms with E-state index < -0.39 is 0 Å². The van der Waals surface area contributed by atoms with Crippen LogP contribution in [0.15, 0.2) is 18.2 Å². The van der Waals surface area contributed by atoms with Gasteiger partial charge >= 0.3 is 0 Å². The lowest BCUT2D eigenvalue weighted by molar-refractivity contribution is 0.0904. The molecule has 0 saturated carbocycles. The molecule has 1 aromatic carbocycles. The SMILES string of the molecule is CC.Cc1cccc(NC2CCOCC2)c1C. The Kier molecular flexibility index (Phi) is 6.06. The molecule has 2 rings (SSSR count).